The van der Waals surface area contributed by atoms with E-state index in [1.165, 1.54) is 0 Å². The van der Waals surface area contributed by atoms with Crippen LogP contribution in [0.15, 0.2) is 29.1 Å². The Bertz CT molecular complexity index is 678. The van der Waals surface area contributed by atoms with Crippen molar-refractivity contribution in [3.8, 4) is 0 Å². The second kappa shape index (κ2) is 6.52. The number of thiocarbonyl (C=S) groups is 1. The number of hydrogen-bond acceptors (Lipinski definition) is 2. The summed E-state index contributed by atoms with van der Waals surface area (Å²) in [6, 6.07) is 8.01. The van der Waals surface area contributed by atoms with E-state index in [0.29, 0.717) is 18.1 Å². The van der Waals surface area contributed by atoms with E-state index in [1.807, 2.05) is 38.1 Å². The summed E-state index contributed by atoms with van der Waals surface area (Å²) in [7, 11) is 0. The molecule has 0 bridgehead atoms. The van der Waals surface area contributed by atoms with Gasteiger partial charge >= 0.3 is 0 Å². The molecule has 0 fully saturated rings. The van der Waals surface area contributed by atoms with Crippen molar-refractivity contribution in [3.63, 3.8) is 0 Å². The van der Waals surface area contributed by atoms with Crippen molar-refractivity contribution < 1.29 is 0 Å². The highest BCUT2D eigenvalue weighted by molar-refractivity contribution is 7.80. The number of fused-ring (bicyclic) bond motifs is 1. The SMILES string of the molecule is CCNC(=S)NCCc1cc2ccc(C)cc2[nH]c1=O. The smallest absolute Gasteiger partial charge is 0.251 e. The van der Waals surface area contributed by atoms with Crippen LogP contribution in [0.4, 0.5) is 0 Å². The summed E-state index contributed by atoms with van der Waals surface area (Å²) in [4.78, 5) is 14.9. The maximum absolute atomic E-state index is 12.0. The van der Waals surface area contributed by atoms with Gasteiger partial charge in [0, 0.05) is 24.2 Å². The number of aromatic amines is 1. The molecule has 0 aliphatic rings. The molecule has 0 amide bonds. The molecule has 0 spiro atoms. The van der Waals surface area contributed by atoms with Gasteiger partial charge in [0.2, 0.25) is 0 Å². The van der Waals surface area contributed by atoms with Crippen molar-refractivity contribution >= 4 is 28.2 Å². The van der Waals surface area contributed by atoms with Gasteiger partial charge in [-0.05, 0) is 55.6 Å². The van der Waals surface area contributed by atoms with E-state index in [4.69, 9.17) is 12.2 Å². The number of aromatic nitrogens is 1. The number of aryl methyl sites for hydroxylation is 1. The Morgan fingerprint density at radius 3 is 2.85 bits per heavy atom. The molecule has 0 radical (unpaired) electrons. The van der Waals surface area contributed by atoms with Crippen LogP contribution in [-0.4, -0.2) is 23.2 Å². The van der Waals surface area contributed by atoms with Gasteiger partial charge in [0.05, 0.1) is 0 Å². The predicted octanol–water partition coefficient (Wildman–Crippen LogP) is 1.86. The van der Waals surface area contributed by atoms with E-state index in [-0.39, 0.29) is 5.56 Å². The molecule has 0 saturated carbocycles. The van der Waals surface area contributed by atoms with Crippen molar-refractivity contribution in [2.75, 3.05) is 13.1 Å². The van der Waals surface area contributed by atoms with Gasteiger partial charge in [-0.2, -0.15) is 0 Å². The molecule has 5 heteroatoms. The molecule has 106 valence electrons. The largest absolute Gasteiger partial charge is 0.363 e. The van der Waals surface area contributed by atoms with Crippen molar-refractivity contribution in [2.45, 2.75) is 20.3 Å². The van der Waals surface area contributed by atoms with Gasteiger partial charge in [0.25, 0.3) is 5.56 Å². The fourth-order valence-corrected chi connectivity index (χ4v) is 2.33. The Kier molecular flexibility index (Phi) is 4.74. The van der Waals surface area contributed by atoms with Crippen LogP contribution in [0.2, 0.25) is 0 Å². The number of rotatable bonds is 4. The van der Waals surface area contributed by atoms with Crippen LogP contribution >= 0.6 is 12.2 Å². The quantitative estimate of drug-likeness (QED) is 0.752. The van der Waals surface area contributed by atoms with Gasteiger partial charge in [0.15, 0.2) is 5.11 Å². The molecule has 1 aromatic heterocycles. The topological polar surface area (TPSA) is 56.9 Å². The number of H-pyrrole nitrogens is 1. The van der Waals surface area contributed by atoms with Crippen LogP contribution in [-0.2, 0) is 6.42 Å². The first-order valence-electron chi connectivity index (χ1n) is 6.74. The van der Waals surface area contributed by atoms with Gasteiger partial charge in [-0.3, -0.25) is 4.79 Å². The Morgan fingerprint density at radius 1 is 1.30 bits per heavy atom. The Labute approximate surface area is 123 Å². The number of hydrogen-bond donors (Lipinski definition) is 3. The molecular formula is C15H19N3OS. The standard InChI is InChI=1S/C15H19N3OS/c1-3-16-15(20)17-7-6-12-9-11-5-4-10(2)8-13(11)18-14(12)19/h4-5,8-9H,3,6-7H2,1-2H3,(H,18,19)(H2,16,17,20). The summed E-state index contributed by atoms with van der Waals surface area (Å²) in [6.45, 7) is 5.44. The summed E-state index contributed by atoms with van der Waals surface area (Å²) in [5, 5.41) is 7.78. The molecule has 0 saturated heterocycles. The average Bonchev–Trinajstić information content (AvgIpc) is 2.40. The molecule has 1 heterocycles. The van der Waals surface area contributed by atoms with Crippen LogP contribution in [0.3, 0.4) is 0 Å². The summed E-state index contributed by atoms with van der Waals surface area (Å²) in [6.07, 6.45) is 0.644. The van der Waals surface area contributed by atoms with Crippen molar-refractivity contribution in [3.05, 3.63) is 45.7 Å². The second-order valence-corrected chi connectivity index (χ2v) is 5.16. The molecule has 2 aromatic rings. The van der Waals surface area contributed by atoms with E-state index < -0.39 is 0 Å². The third-order valence-corrected chi connectivity index (χ3v) is 3.38. The van der Waals surface area contributed by atoms with Crippen LogP contribution in [0.5, 0.6) is 0 Å². The van der Waals surface area contributed by atoms with Gasteiger partial charge in [-0.25, -0.2) is 0 Å². The minimum absolute atomic E-state index is 0.0285. The van der Waals surface area contributed by atoms with Crippen molar-refractivity contribution in [1.29, 1.82) is 0 Å². The summed E-state index contributed by atoms with van der Waals surface area (Å²) < 4.78 is 0. The normalized spacial score (nSPS) is 10.5. The first kappa shape index (κ1) is 14.5. The van der Waals surface area contributed by atoms with Crippen molar-refractivity contribution in [1.82, 2.24) is 15.6 Å². The molecular weight excluding hydrogens is 270 g/mol. The Balaban J connectivity index is 2.10. The molecule has 0 aliphatic heterocycles. The summed E-state index contributed by atoms with van der Waals surface area (Å²) >= 11 is 5.08. The lowest BCUT2D eigenvalue weighted by Crippen LogP contribution is -2.36. The zero-order chi connectivity index (χ0) is 14.5. The lowest BCUT2D eigenvalue weighted by molar-refractivity contribution is 0.823. The zero-order valence-corrected chi connectivity index (χ0v) is 12.6. The summed E-state index contributed by atoms with van der Waals surface area (Å²) in [5.74, 6) is 0. The first-order chi connectivity index (χ1) is 9.60. The maximum atomic E-state index is 12.0. The van der Waals surface area contributed by atoms with Gasteiger partial charge in [-0.15, -0.1) is 0 Å². The van der Waals surface area contributed by atoms with E-state index >= 15 is 0 Å². The molecule has 0 aliphatic carbocycles. The van der Waals surface area contributed by atoms with Gasteiger partial charge in [-0.1, -0.05) is 12.1 Å². The number of nitrogens with one attached hydrogen (secondary N) is 3. The van der Waals surface area contributed by atoms with Crippen LogP contribution in [0.25, 0.3) is 10.9 Å². The molecule has 4 nitrogen and oxygen atoms in total. The zero-order valence-electron chi connectivity index (χ0n) is 11.7. The minimum Gasteiger partial charge on any atom is -0.363 e. The fraction of sp³-hybridized carbons (Fsp3) is 0.333. The number of pyridine rings is 1. The van der Waals surface area contributed by atoms with Gasteiger partial charge < -0.3 is 15.6 Å². The second-order valence-electron chi connectivity index (χ2n) is 4.75. The molecule has 0 unspecified atom stereocenters. The van der Waals surface area contributed by atoms with E-state index in [0.717, 1.165) is 28.6 Å². The predicted molar refractivity (Wildman–Crippen MR) is 87.3 cm³/mol. The molecule has 3 N–H and O–H groups in total. The average molecular weight is 289 g/mol. The van der Waals surface area contributed by atoms with Gasteiger partial charge in [0.1, 0.15) is 0 Å². The monoisotopic (exact) mass is 289 g/mol. The Morgan fingerprint density at radius 2 is 2.10 bits per heavy atom. The molecule has 1 aromatic carbocycles. The highest BCUT2D eigenvalue weighted by atomic mass is 32.1. The molecule has 2 rings (SSSR count). The van der Waals surface area contributed by atoms with Crippen LogP contribution in [0, 0.1) is 6.92 Å². The lowest BCUT2D eigenvalue weighted by atomic mass is 10.1. The molecule has 0 atom stereocenters. The van der Waals surface area contributed by atoms with Crippen molar-refractivity contribution in [2.24, 2.45) is 0 Å². The van der Waals surface area contributed by atoms with Crippen LogP contribution in [0.1, 0.15) is 18.1 Å². The third kappa shape index (κ3) is 3.57. The highest BCUT2D eigenvalue weighted by Gasteiger charge is 2.03. The number of benzene rings is 1. The summed E-state index contributed by atoms with van der Waals surface area (Å²) in [5.41, 5.74) is 2.76. The van der Waals surface area contributed by atoms with Crippen LogP contribution < -0.4 is 16.2 Å². The molecule has 20 heavy (non-hydrogen) atoms. The van der Waals surface area contributed by atoms with E-state index in [2.05, 4.69) is 15.6 Å². The highest BCUT2D eigenvalue weighted by Crippen LogP contribution is 2.13. The first-order valence-corrected chi connectivity index (χ1v) is 7.15. The lowest BCUT2D eigenvalue weighted by Gasteiger charge is -2.09. The maximum Gasteiger partial charge on any atom is 0.251 e. The minimum atomic E-state index is -0.0285. The van der Waals surface area contributed by atoms with E-state index in [1.54, 1.807) is 0 Å². The Hall–Kier alpha value is -1.88. The third-order valence-electron chi connectivity index (χ3n) is 3.10. The van der Waals surface area contributed by atoms with E-state index in [9.17, 15) is 4.79 Å². The fourth-order valence-electron chi connectivity index (χ4n) is 2.08.